The van der Waals surface area contributed by atoms with Crippen LogP contribution in [0.5, 0.6) is 5.75 Å². The van der Waals surface area contributed by atoms with Crippen molar-refractivity contribution in [3.05, 3.63) is 95.3 Å². The summed E-state index contributed by atoms with van der Waals surface area (Å²) in [5.41, 5.74) is 4.86. The molecule has 0 radical (unpaired) electrons. The highest BCUT2D eigenvalue weighted by Gasteiger charge is 2.24. The predicted molar refractivity (Wildman–Crippen MR) is 154 cm³/mol. The van der Waals surface area contributed by atoms with Gasteiger partial charge in [-0.3, -0.25) is 9.98 Å². The molecule has 196 valence electrons. The SMILES string of the molecule is CS(=O)(=O)CCNCc1csc(N2C=CC3C=NCC(=Nc4ccc(OCc5ccccc5)cc4)C3=C2)n1. The summed E-state index contributed by atoms with van der Waals surface area (Å²) in [5.74, 6) is 0.984. The monoisotopic (exact) mass is 547 g/mol. The van der Waals surface area contributed by atoms with Crippen molar-refractivity contribution in [1.29, 1.82) is 0 Å². The first-order chi connectivity index (χ1) is 18.4. The predicted octanol–water partition coefficient (Wildman–Crippen LogP) is 4.55. The summed E-state index contributed by atoms with van der Waals surface area (Å²) in [4.78, 5) is 16.2. The molecule has 3 aromatic rings. The number of nitrogens with zero attached hydrogens (tertiary/aromatic N) is 4. The maximum absolute atomic E-state index is 11.3. The van der Waals surface area contributed by atoms with Crippen LogP contribution in [0.15, 0.2) is 94.0 Å². The smallest absolute Gasteiger partial charge is 0.193 e. The highest BCUT2D eigenvalue weighted by molar-refractivity contribution is 7.90. The summed E-state index contributed by atoms with van der Waals surface area (Å²) in [6, 6.07) is 17.9. The van der Waals surface area contributed by atoms with Gasteiger partial charge in [0.25, 0.3) is 0 Å². The van der Waals surface area contributed by atoms with Crippen LogP contribution in [0, 0.1) is 5.92 Å². The highest BCUT2D eigenvalue weighted by Crippen LogP contribution is 2.30. The molecule has 0 saturated carbocycles. The second-order valence-corrected chi connectivity index (χ2v) is 12.2. The fourth-order valence-corrected chi connectivity index (χ4v) is 5.31. The number of aliphatic imine (C=N–C) groups is 2. The molecule has 1 unspecified atom stereocenters. The zero-order valence-electron chi connectivity index (χ0n) is 21.0. The van der Waals surface area contributed by atoms with Crippen molar-refractivity contribution in [2.75, 3.05) is 30.0 Å². The average Bonchev–Trinajstić information content (AvgIpc) is 3.40. The van der Waals surface area contributed by atoms with Crippen LogP contribution in [0.2, 0.25) is 0 Å². The average molecular weight is 548 g/mol. The number of sulfone groups is 1. The molecule has 2 aromatic carbocycles. The topological polar surface area (TPSA) is 96.2 Å². The Kier molecular flexibility index (Phi) is 8.11. The van der Waals surface area contributed by atoms with Crippen molar-refractivity contribution < 1.29 is 13.2 Å². The van der Waals surface area contributed by atoms with E-state index in [1.165, 1.54) is 6.26 Å². The molecule has 0 amide bonds. The van der Waals surface area contributed by atoms with Crippen molar-refractivity contribution in [1.82, 2.24) is 10.3 Å². The van der Waals surface area contributed by atoms with Crippen molar-refractivity contribution in [2.24, 2.45) is 15.9 Å². The van der Waals surface area contributed by atoms with E-state index in [9.17, 15) is 8.42 Å². The van der Waals surface area contributed by atoms with Gasteiger partial charge in [0.05, 0.1) is 29.4 Å². The van der Waals surface area contributed by atoms with Crippen molar-refractivity contribution >= 4 is 43.9 Å². The first-order valence-corrected chi connectivity index (χ1v) is 15.2. The van der Waals surface area contributed by atoms with Crippen molar-refractivity contribution in [3.63, 3.8) is 0 Å². The maximum atomic E-state index is 11.3. The van der Waals surface area contributed by atoms with Crippen LogP contribution in [0.25, 0.3) is 0 Å². The number of hydrogen-bond acceptors (Lipinski definition) is 9. The Morgan fingerprint density at radius 1 is 1.16 bits per heavy atom. The number of anilines is 1. The molecule has 1 atom stereocenters. The molecule has 38 heavy (non-hydrogen) atoms. The Morgan fingerprint density at radius 2 is 1.97 bits per heavy atom. The lowest BCUT2D eigenvalue weighted by Crippen LogP contribution is -2.27. The van der Waals surface area contributed by atoms with Crippen LogP contribution in [0.4, 0.5) is 10.8 Å². The maximum Gasteiger partial charge on any atom is 0.193 e. The molecule has 0 saturated heterocycles. The molecule has 0 fully saturated rings. The minimum absolute atomic E-state index is 0.0734. The minimum atomic E-state index is -2.98. The first kappa shape index (κ1) is 26.0. The molecule has 1 aromatic heterocycles. The van der Waals surface area contributed by atoms with Gasteiger partial charge in [-0.25, -0.2) is 13.4 Å². The zero-order valence-corrected chi connectivity index (χ0v) is 22.7. The third kappa shape index (κ3) is 7.03. The lowest BCUT2D eigenvalue weighted by atomic mass is 9.92. The van der Waals surface area contributed by atoms with Crippen LogP contribution in [-0.2, 0) is 23.0 Å². The van der Waals surface area contributed by atoms with Gasteiger partial charge in [-0.15, -0.1) is 11.3 Å². The van der Waals surface area contributed by atoms with E-state index in [4.69, 9.17) is 14.7 Å². The summed E-state index contributed by atoms with van der Waals surface area (Å²) >= 11 is 1.54. The van der Waals surface area contributed by atoms with E-state index in [1.54, 1.807) is 11.3 Å². The van der Waals surface area contributed by atoms with Crippen LogP contribution >= 0.6 is 11.3 Å². The van der Waals surface area contributed by atoms with Crippen molar-refractivity contribution in [2.45, 2.75) is 13.2 Å². The van der Waals surface area contributed by atoms with Gasteiger partial charge >= 0.3 is 0 Å². The second kappa shape index (κ2) is 11.8. The largest absolute Gasteiger partial charge is 0.489 e. The molecule has 2 aliphatic rings. The number of ether oxygens (including phenoxy) is 1. The molecule has 1 N–H and O–H groups in total. The lowest BCUT2D eigenvalue weighted by Gasteiger charge is -2.26. The number of fused-ring (bicyclic) bond motifs is 1. The van der Waals surface area contributed by atoms with Crippen LogP contribution in [0.1, 0.15) is 11.3 Å². The van der Waals surface area contributed by atoms with E-state index < -0.39 is 9.84 Å². The van der Waals surface area contributed by atoms with Gasteiger partial charge in [0, 0.05) is 54.8 Å². The quantitative estimate of drug-likeness (QED) is 0.374. The lowest BCUT2D eigenvalue weighted by molar-refractivity contribution is 0.306. The van der Waals surface area contributed by atoms with Gasteiger partial charge < -0.3 is 15.0 Å². The van der Waals surface area contributed by atoms with E-state index >= 15 is 0 Å². The van der Waals surface area contributed by atoms with Gasteiger partial charge in [-0.2, -0.15) is 0 Å². The summed E-state index contributed by atoms with van der Waals surface area (Å²) in [5, 5.41) is 5.97. The first-order valence-electron chi connectivity index (χ1n) is 12.3. The Bertz CT molecular complexity index is 1480. The third-order valence-electron chi connectivity index (χ3n) is 6.00. The third-order valence-corrected chi connectivity index (χ3v) is 7.85. The van der Waals surface area contributed by atoms with E-state index in [-0.39, 0.29) is 11.7 Å². The Labute approximate surface area is 227 Å². The molecular weight excluding hydrogens is 518 g/mol. The summed E-state index contributed by atoms with van der Waals surface area (Å²) in [7, 11) is -2.98. The number of thiazole rings is 1. The molecule has 5 rings (SSSR count). The van der Waals surface area contributed by atoms with Gasteiger partial charge in [0.2, 0.25) is 0 Å². The number of allylic oxidation sites excluding steroid dienone is 1. The Hall–Kier alpha value is -3.60. The number of benzene rings is 2. The minimum Gasteiger partial charge on any atom is -0.489 e. The number of nitrogens with one attached hydrogen (secondary N) is 1. The number of hydrogen-bond donors (Lipinski definition) is 1. The van der Waals surface area contributed by atoms with E-state index in [0.717, 1.165) is 39.1 Å². The molecule has 0 spiro atoms. The summed E-state index contributed by atoms with van der Waals surface area (Å²) < 4.78 is 28.5. The highest BCUT2D eigenvalue weighted by atomic mass is 32.2. The molecular formula is C28H29N5O3S2. The van der Waals surface area contributed by atoms with Gasteiger partial charge in [-0.1, -0.05) is 36.4 Å². The van der Waals surface area contributed by atoms with Crippen LogP contribution < -0.4 is 15.0 Å². The van der Waals surface area contributed by atoms with Gasteiger partial charge in [-0.05, 0) is 29.8 Å². The standard InChI is InChI=1S/C28H29N5O3S2/c1-38(34,35)14-12-29-16-24-20-37-28(32-24)33-13-11-22-15-30-17-27(26(22)18-33)31-23-7-9-25(10-8-23)36-19-21-5-3-2-4-6-21/h2-11,13,15,18,20,22,29H,12,14,16-17,19H2,1H3. The molecule has 0 aliphatic carbocycles. The molecule has 10 heteroatoms. The fourth-order valence-electron chi connectivity index (χ4n) is 4.01. The van der Waals surface area contributed by atoms with E-state index in [1.807, 2.05) is 77.3 Å². The number of aromatic nitrogens is 1. The Balaban J connectivity index is 1.24. The normalized spacial score (nSPS) is 17.9. The van der Waals surface area contributed by atoms with E-state index in [2.05, 4.69) is 22.6 Å². The molecule has 8 nitrogen and oxygen atoms in total. The molecule has 3 heterocycles. The second-order valence-electron chi connectivity index (χ2n) is 9.10. The van der Waals surface area contributed by atoms with Crippen molar-refractivity contribution in [3.8, 4) is 5.75 Å². The molecule has 2 aliphatic heterocycles. The zero-order chi connectivity index (χ0) is 26.4. The van der Waals surface area contributed by atoms with Gasteiger partial charge in [0.15, 0.2) is 5.13 Å². The Morgan fingerprint density at radius 3 is 2.76 bits per heavy atom. The van der Waals surface area contributed by atoms with Crippen LogP contribution in [0.3, 0.4) is 0 Å². The molecule has 0 bridgehead atoms. The fraction of sp³-hybridized carbons (Fsp3) is 0.250. The summed E-state index contributed by atoms with van der Waals surface area (Å²) in [6.45, 7) is 1.96. The number of rotatable bonds is 10. The van der Waals surface area contributed by atoms with E-state index in [0.29, 0.717) is 26.2 Å². The van der Waals surface area contributed by atoms with Crippen LogP contribution in [-0.4, -0.2) is 50.4 Å². The van der Waals surface area contributed by atoms with Gasteiger partial charge in [0.1, 0.15) is 22.2 Å². The summed E-state index contributed by atoms with van der Waals surface area (Å²) in [6.07, 6.45) is 9.37.